The van der Waals surface area contributed by atoms with Crippen molar-refractivity contribution in [1.29, 1.82) is 0 Å². The molecule has 0 radical (unpaired) electrons. The number of nitrogens with zero attached hydrogens (tertiary/aromatic N) is 2. The van der Waals surface area contributed by atoms with Crippen LogP contribution in [0, 0.1) is 0 Å². The van der Waals surface area contributed by atoms with Gasteiger partial charge < -0.3 is 9.73 Å². The first-order valence-electron chi connectivity index (χ1n) is 18.7. The van der Waals surface area contributed by atoms with E-state index in [1.807, 2.05) is 6.07 Å². The van der Waals surface area contributed by atoms with Gasteiger partial charge in [-0.3, -0.25) is 0 Å². The molecule has 2 heterocycles. The third-order valence-electron chi connectivity index (χ3n) is 10.9. The van der Waals surface area contributed by atoms with Crippen molar-refractivity contribution in [3.05, 3.63) is 205 Å². The second-order valence-electron chi connectivity index (χ2n) is 14.2. The van der Waals surface area contributed by atoms with E-state index >= 15 is 0 Å². The summed E-state index contributed by atoms with van der Waals surface area (Å²) in [7, 11) is 0. The highest BCUT2D eigenvalue weighted by atomic mass is 16.3. The van der Waals surface area contributed by atoms with E-state index in [1.165, 1.54) is 38.1 Å². The van der Waals surface area contributed by atoms with Gasteiger partial charge in [-0.25, -0.2) is 9.98 Å². The molecule has 0 spiro atoms. The quantitative estimate of drug-likeness (QED) is 0.181. The largest absolute Gasteiger partial charge is 0.456 e. The maximum atomic E-state index is 6.60. The molecule has 1 aliphatic heterocycles. The highest BCUT2D eigenvalue weighted by molar-refractivity contribution is 6.24. The number of rotatable bonds is 5. The predicted octanol–water partition coefficient (Wildman–Crippen LogP) is 12.9. The lowest BCUT2D eigenvalue weighted by Gasteiger charge is -2.24. The van der Waals surface area contributed by atoms with E-state index in [1.54, 1.807) is 0 Å². The van der Waals surface area contributed by atoms with Crippen LogP contribution in [0.3, 0.4) is 0 Å². The topological polar surface area (TPSA) is 49.9 Å². The molecular weight excluding hydrogens is 671 g/mol. The first-order valence-corrected chi connectivity index (χ1v) is 18.7. The maximum absolute atomic E-state index is 6.60. The van der Waals surface area contributed by atoms with Crippen molar-refractivity contribution >= 4 is 65.9 Å². The molecule has 4 heteroatoms. The summed E-state index contributed by atoms with van der Waals surface area (Å²) in [5.41, 5.74) is 9.31. The fourth-order valence-corrected chi connectivity index (χ4v) is 8.20. The van der Waals surface area contributed by atoms with Crippen LogP contribution in [0.15, 0.2) is 202 Å². The van der Waals surface area contributed by atoms with Crippen molar-refractivity contribution in [1.82, 2.24) is 5.32 Å². The molecule has 10 aromatic rings. The van der Waals surface area contributed by atoms with Crippen molar-refractivity contribution < 1.29 is 4.42 Å². The Hall–Kier alpha value is -7.30. The minimum atomic E-state index is -0.330. The van der Waals surface area contributed by atoms with Crippen LogP contribution in [0.1, 0.15) is 22.9 Å². The number of nitrogens with one attached hydrogen (secondary N) is 1. The summed E-state index contributed by atoms with van der Waals surface area (Å²) in [6.45, 7) is 0. The van der Waals surface area contributed by atoms with E-state index in [0.29, 0.717) is 5.84 Å². The smallest absolute Gasteiger partial charge is 0.159 e. The molecular formula is C51H33N3O. The molecule has 55 heavy (non-hydrogen) atoms. The molecule has 0 bridgehead atoms. The SMILES string of the molecule is c1ccc(-c2ccc3ccc(-c4cccc5oc6cccc(C7=NC(c8ccc9c(ccc%10ccccc%109)c8)=NC(c8ccccc8)N7)c6c45)cc3c2)cc1. The van der Waals surface area contributed by atoms with Crippen LogP contribution in [0.4, 0.5) is 0 Å². The standard InChI is InChI=1S/C51H33N3O/c1-3-11-32(12-4-1)36-24-21-33-22-25-38(31-40(33)29-36)43-17-9-19-45-47(43)48-44(18-10-20-46(48)55-45)51-53-49(35-14-5-2-6-15-35)52-50(54-51)39-27-28-42-37(30-39)26-23-34-13-7-8-16-41(34)42/h1-31,49H,(H,52,53,54). The summed E-state index contributed by atoms with van der Waals surface area (Å²) in [5, 5.41) is 13.0. The third kappa shape index (κ3) is 5.38. The Morgan fingerprint density at radius 3 is 1.87 bits per heavy atom. The number of hydrogen-bond acceptors (Lipinski definition) is 4. The lowest BCUT2D eigenvalue weighted by molar-refractivity contribution is 0.668. The van der Waals surface area contributed by atoms with E-state index in [9.17, 15) is 0 Å². The Morgan fingerprint density at radius 2 is 1.04 bits per heavy atom. The Morgan fingerprint density at radius 1 is 0.418 bits per heavy atom. The van der Waals surface area contributed by atoms with Crippen LogP contribution in [0.2, 0.25) is 0 Å². The predicted molar refractivity (Wildman–Crippen MR) is 229 cm³/mol. The summed E-state index contributed by atoms with van der Waals surface area (Å²) in [5.74, 6) is 1.44. The van der Waals surface area contributed by atoms with Gasteiger partial charge in [0.2, 0.25) is 0 Å². The fraction of sp³-hybridized carbons (Fsp3) is 0.0196. The summed E-state index contributed by atoms with van der Waals surface area (Å²) >= 11 is 0. The van der Waals surface area contributed by atoms with Crippen LogP contribution in [0.5, 0.6) is 0 Å². The molecule has 9 aromatic carbocycles. The zero-order valence-corrected chi connectivity index (χ0v) is 29.8. The Bertz CT molecular complexity index is 3180. The Balaban J connectivity index is 1.08. The lowest BCUT2D eigenvalue weighted by atomic mass is 9.94. The van der Waals surface area contributed by atoms with E-state index < -0.39 is 0 Å². The number of aliphatic imine (C=N–C) groups is 2. The lowest BCUT2D eigenvalue weighted by Crippen LogP contribution is -2.33. The number of furan rings is 1. The van der Waals surface area contributed by atoms with Gasteiger partial charge in [-0.15, -0.1) is 0 Å². The number of benzene rings is 9. The van der Waals surface area contributed by atoms with E-state index in [4.69, 9.17) is 14.4 Å². The monoisotopic (exact) mass is 703 g/mol. The number of hydrogen-bond donors (Lipinski definition) is 1. The molecule has 1 aliphatic rings. The minimum absolute atomic E-state index is 0.330. The molecule has 0 fully saturated rings. The third-order valence-corrected chi connectivity index (χ3v) is 10.9. The zero-order valence-electron chi connectivity index (χ0n) is 29.8. The molecule has 258 valence electrons. The van der Waals surface area contributed by atoms with E-state index in [2.05, 4.69) is 187 Å². The van der Waals surface area contributed by atoms with Crippen LogP contribution in [-0.4, -0.2) is 11.7 Å². The highest BCUT2D eigenvalue weighted by Crippen LogP contribution is 2.40. The summed E-state index contributed by atoms with van der Waals surface area (Å²) in [4.78, 5) is 10.5. The van der Waals surface area contributed by atoms with Crippen molar-refractivity contribution in [3.8, 4) is 22.3 Å². The second-order valence-corrected chi connectivity index (χ2v) is 14.2. The van der Waals surface area contributed by atoms with Crippen LogP contribution in [-0.2, 0) is 0 Å². The average Bonchev–Trinajstić information content (AvgIpc) is 3.65. The number of amidine groups is 2. The van der Waals surface area contributed by atoms with Gasteiger partial charge in [-0.2, -0.15) is 0 Å². The molecule has 1 unspecified atom stereocenters. The normalized spacial score (nSPS) is 14.4. The summed E-state index contributed by atoms with van der Waals surface area (Å²) in [6, 6.07) is 66.4. The van der Waals surface area contributed by atoms with Crippen LogP contribution >= 0.6 is 0 Å². The maximum Gasteiger partial charge on any atom is 0.159 e. The average molecular weight is 704 g/mol. The minimum Gasteiger partial charge on any atom is -0.456 e. The first kappa shape index (κ1) is 31.2. The highest BCUT2D eigenvalue weighted by Gasteiger charge is 2.25. The van der Waals surface area contributed by atoms with Gasteiger partial charge in [0.25, 0.3) is 0 Å². The van der Waals surface area contributed by atoms with Gasteiger partial charge in [0.05, 0.1) is 0 Å². The van der Waals surface area contributed by atoms with E-state index in [-0.39, 0.29) is 6.17 Å². The molecule has 11 rings (SSSR count). The van der Waals surface area contributed by atoms with Crippen molar-refractivity contribution in [2.75, 3.05) is 0 Å². The first-order chi connectivity index (χ1) is 27.2. The van der Waals surface area contributed by atoms with Gasteiger partial charge in [0.1, 0.15) is 23.2 Å². The summed E-state index contributed by atoms with van der Waals surface area (Å²) in [6.07, 6.45) is -0.330. The molecule has 0 amide bonds. The van der Waals surface area contributed by atoms with Gasteiger partial charge in [0.15, 0.2) is 5.84 Å². The second kappa shape index (κ2) is 12.7. The molecule has 1 N–H and O–H groups in total. The van der Waals surface area contributed by atoms with Gasteiger partial charge in [-0.05, 0) is 90.5 Å². The van der Waals surface area contributed by atoms with Gasteiger partial charge in [-0.1, -0.05) is 158 Å². The van der Waals surface area contributed by atoms with E-state index in [0.717, 1.165) is 61.0 Å². The molecule has 4 nitrogen and oxygen atoms in total. The Labute approximate surface area is 317 Å². The molecule has 1 aromatic heterocycles. The summed E-state index contributed by atoms with van der Waals surface area (Å²) < 4.78 is 6.60. The van der Waals surface area contributed by atoms with Crippen molar-refractivity contribution in [3.63, 3.8) is 0 Å². The molecule has 1 atom stereocenters. The van der Waals surface area contributed by atoms with Crippen LogP contribution in [0.25, 0.3) is 76.5 Å². The van der Waals surface area contributed by atoms with Crippen molar-refractivity contribution in [2.24, 2.45) is 9.98 Å². The fourth-order valence-electron chi connectivity index (χ4n) is 8.20. The van der Waals surface area contributed by atoms with Crippen LogP contribution < -0.4 is 5.32 Å². The van der Waals surface area contributed by atoms with Gasteiger partial charge >= 0.3 is 0 Å². The van der Waals surface area contributed by atoms with Gasteiger partial charge in [0, 0.05) is 21.9 Å². The Kier molecular flexibility index (Phi) is 7.20. The molecule has 0 saturated heterocycles. The van der Waals surface area contributed by atoms with Crippen molar-refractivity contribution in [2.45, 2.75) is 6.17 Å². The molecule has 0 saturated carbocycles. The zero-order chi connectivity index (χ0) is 36.3. The number of fused-ring (bicyclic) bond motifs is 7. The molecule has 0 aliphatic carbocycles.